The molecule has 12 heavy (non-hydrogen) atoms. The van der Waals surface area contributed by atoms with Crippen molar-refractivity contribution in [3.8, 4) is 0 Å². The normalized spacial score (nSPS) is 8.33. The maximum atomic E-state index is 10.1. The predicted molar refractivity (Wildman–Crippen MR) is 51.5 cm³/mol. The lowest BCUT2D eigenvalue weighted by molar-refractivity contribution is 0.243. The van der Waals surface area contributed by atoms with Crippen molar-refractivity contribution in [1.82, 2.24) is 21.7 Å². The lowest BCUT2D eigenvalue weighted by Crippen LogP contribution is -2.55. The Morgan fingerprint density at radius 3 is 2.17 bits per heavy atom. The number of amides is 2. The molecule has 0 aliphatic rings. The van der Waals surface area contributed by atoms with Crippen LogP contribution < -0.4 is 33.2 Å². The first kappa shape index (κ1) is 10.8. The van der Waals surface area contributed by atoms with Crippen molar-refractivity contribution in [2.45, 2.75) is 0 Å². The average molecular weight is 208 g/mol. The Morgan fingerprint density at radius 1 is 1.17 bits per heavy atom. The summed E-state index contributed by atoms with van der Waals surface area (Å²) in [5.41, 5.74) is 16.3. The molecule has 0 bridgehead atoms. The number of nitrogens with one attached hydrogen (secondary N) is 4. The highest BCUT2D eigenvalue weighted by molar-refractivity contribution is 7.81. The molecule has 0 rings (SSSR count). The van der Waals surface area contributed by atoms with E-state index in [1.54, 1.807) is 0 Å². The van der Waals surface area contributed by atoms with Crippen molar-refractivity contribution < 1.29 is 4.79 Å². The zero-order valence-electron chi connectivity index (χ0n) is 5.88. The molecule has 0 aromatic rings. The molecule has 0 radical (unpaired) electrons. The van der Waals surface area contributed by atoms with Crippen LogP contribution in [0.2, 0.25) is 0 Å². The third-order valence-electron chi connectivity index (χ3n) is 0.598. The number of hydrogen-bond acceptors (Lipinski definition) is 4. The van der Waals surface area contributed by atoms with Gasteiger partial charge in [0, 0.05) is 0 Å². The molecule has 0 saturated heterocycles. The van der Waals surface area contributed by atoms with Gasteiger partial charge in [0.05, 0.1) is 0 Å². The van der Waals surface area contributed by atoms with Gasteiger partial charge in [-0.05, 0) is 24.4 Å². The summed E-state index contributed by atoms with van der Waals surface area (Å²) in [7, 11) is 0. The molecular weight excluding hydrogens is 200 g/mol. The smallest absolute Gasteiger partial charge is 0.327 e. The van der Waals surface area contributed by atoms with Crippen LogP contribution in [0.1, 0.15) is 0 Å². The molecule has 0 heterocycles. The van der Waals surface area contributed by atoms with Gasteiger partial charge in [0.2, 0.25) is 0 Å². The molecule has 0 aliphatic heterocycles. The molecule has 0 atom stereocenters. The van der Waals surface area contributed by atoms with Crippen molar-refractivity contribution in [3.05, 3.63) is 0 Å². The van der Waals surface area contributed by atoms with Crippen LogP contribution in [0.25, 0.3) is 0 Å². The number of rotatable bonds is 2. The van der Waals surface area contributed by atoms with Crippen LogP contribution in [-0.4, -0.2) is 16.3 Å². The Kier molecular flexibility index (Phi) is 4.92. The predicted octanol–water partition coefficient (Wildman–Crippen LogP) is -2.22. The van der Waals surface area contributed by atoms with Crippen LogP contribution in [0.5, 0.6) is 0 Å². The number of nitrogens with two attached hydrogens (primary N) is 2. The van der Waals surface area contributed by atoms with E-state index in [1.807, 2.05) is 5.43 Å². The molecule has 8 N–H and O–H groups in total. The molecule has 9 heteroatoms. The Balaban J connectivity index is 3.44. The first-order chi connectivity index (χ1) is 5.52. The fraction of sp³-hybridized carbons (Fsp3) is 0. The zero-order valence-corrected chi connectivity index (χ0v) is 7.51. The monoisotopic (exact) mass is 208 g/mol. The van der Waals surface area contributed by atoms with Gasteiger partial charge in [0.25, 0.3) is 0 Å². The minimum atomic E-state index is -0.749. The average Bonchev–Trinajstić information content (AvgIpc) is 1.84. The molecule has 0 aromatic carbocycles. The number of hydrogen-bond donors (Lipinski definition) is 6. The fourth-order valence-electron chi connectivity index (χ4n) is 0.293. The van der Waals surface area contributed by atoms with Gasteiger partial charge >= 0.3 is 6.03 Å². The van der Waals surface area contributed by atoms with Crippen LogP contribution in [0.4, 0.5) is 4.79 Å². The topological polar surface area (TPSA) is 117 Å². The molecule has 0 saturated carbocycles. The van der Waals surface area contributed by atoms with Crippen LogP contribution in [0, 0.1) is 0 Å². The quantitative estimate of drug-likeness (QED) is 0.225. The summed E-state index contributed by atoms with van der Waals surface area (Å²) in [4.78, 5) is 10.1. The third kappa shape index (κ3) is 6.92. The van der Waals surface area contributed by atoms with E-state index < -0.39 is 6.03 Å². The highest BCUT2D eigenvalue weighted by Gasteiger charge is 1.94. The number of urea groups is 1. The minimum Gasteiger partial charge on any atom is -0.376 e. The Bertz CT molecular complexity index is 205. The van der Waals surface area contributed by atoms with Crippen LogP contribution in [-0.2, 0) is 0 Å². The van der Waals surface area contributed by atoms with E-state index in [2.05, 4.69) is 40.7 Å². The van der Waals surface area contributed by atoms with Crippen molar-refractivity contribution in [2.24, 2.45) is 11.5 Å². The number of primary amides is 1. The van der Waals surface area contributed by atoms with Crippen LogP contribution >= 0.6 is 24.4 Å². The van der Waals surface area contributed by atoms with Gasteiger partial charge in [0.15, 0.2) is 10.2 Å². The molecule has 0 fully saturated rings. The van der Waals surface area contributed by atoms with E-state index in [1.165, 1.54) is 0 Å². The highest BCUT2D eigenvalue weighted by atomic mass is 32.1. The van der Waals surface area contributed by atoms with Crippen molar-refractivity contribution in [2.75, 3.05) is 0 Å². The molecule has 0 aliphatic carbocycles. The summed E-state index contributed by atoms with van der Waals surface area (Å²) >= 11 is 9.11. The maximum absolute atomic E-state index is 10.1. The van der Waals surface area contributed by atoms with Gasteiger partial charge in [-0.1, -0.05) is 0 Å². The second-order valence-corrected chi connectivity index (χ2v) is 2.41. The second kappa shape index (κ2) is 5.46. The van der Waals surface area contributed by atoms with Crippen molar-refractivity contribution in [1.29, 1.82) is 0 Å². The molecule has 0 aromatic heterocycles. The van der Waals surface area contributed by atoms with Gasteiger partial charge < -0.3 is 16.8 Å². The van der Waals surface area contributed by atoms with Crippen LogP contribution in [0.3, 0.4) is 0 Å². The molecule has 0 spiro atoms. The zero-order chi connectivity index (χ0) is 9.56. The number of carbonyl (C=O) groups excluding carboxylic acids is 1. The van der Waals surface area contributed by atoms with Crippen molar-refractivity contribution in [3.63, 3.8) is 0 Å². The molecule has 68 valence electrons. The van der Waals surface area contributed by atoms with E-state index in [0.717, 1.165) is 0 Å². The second-order valence-electron chi connectivity index (χ2n) is 1.56. The summed E-state index contributed by atoms with van der Waals surface area (Å²) in [5.74, 6) is 0. The fourth-order valence-corrected chi connectivity index (χ4v) is 0.620. The summed E-state index contributed by atoms with van der Waals surface area (Å²) < 4.78 is 0. The third-order valence-corrected chi connectivity index (χ3v) is 0.905. The van der Waals surface area contributed by atoms with Crippen molar-refractivity contribution >= 4 is 40.7 Å². The van der Waals surface area contributed by atoms with E-state index in [-0.39, 0.29) is 10.2 Å². The lowest BCUT2D eigenvalue weighted by atomic mass is 11.0. The SMILES string of the molecule is NC(=O)NNNC(=S)NC(N)=S. The summed E-state index contributed by atoms with van der Waals surface area (Å²) in [5, 5.41) is 2.53. The van der Waals surface area contributed by atoms with E-state index in [4.69, 9.17) is 11.5 Å². The molecule has 0 unspecified atom stereocenters. The van der Waals surface area contributed by atoms with Gasteiger partial charge in [0.1, 0.15) is 0 Å². The largest absolute Gasteiger partial charge is 0.376 e. The van der Waals surface area contributed by atoms with E-state index in [9.17, 15) is 4.79 Å². The van der Waals surface area contributed by atoms with E-state index >= 15 is 0 Å². The Labute approximate surface area is 79.2 Å². The summed E-state index contributed by atoms with van der Waals surface area (Å²) in [6.07, 6.45) is 0. The molecule has 7 nitrogen and oxygen atoms in total. The number of thiocarbonyl (C=S) groups is 2. The highest BCUT2D eigenvalue weighted by Crippen LogP contribution is 1.61. The van der Waals surface area contributed by atoms with Gasteiger partial charge in [-0.25, -0.2) is 4.79 Å². The molecule has 2 amide bonds. The summed E-state index contributed by atoms with van der Waals surface area (Å²) in [6, 6.07) is -0.749. The maximum Gasteiger partial charge on any atom is 0.327 e. The number of hydrazine groups is 2. The van der Waals surface area contributed by atoms with Gasteiger partial charge in [-0.3, -0.25) is 10.9 Å². The van der Waals surface area contributed by atoms with Gasteiger partial charge in [-0.15, -0.1) is 5.53 Å². The summed E-state index contributed by atoms with van der Waals surface area (Å²) in [6.45, 7) is 0. The Morgan fingerprint density at radius 2 is 1.75 bits per heavy atom. The first-order valence-electron chi connectivity index (χ1n) is 2.69. The number of carbonyl (C=O) groups is 1. The molecular formula is C3H8N6OS2. The first-order valence-corrected chi connectivity index (χ1v) is 3.51. The van der Waals surface area contributed by atoms with E-state index in [0.29, 0.717) is 0 Å². The van der Waals surface area contributed by atoms with Gasteiger partial charge in [-0.2, -0.15) is 0 Å². The lowest BCUT2D eigenvalue weighted by Gasteiger charge is -2.09. The Hall–Kier alpha value is -1.19. The van der Waals surface area contributed by atoms with Crippen LogP contribution in [0.15, 0.2) is 0 Å². The minimum absolute atomic E-state index is 0.0216. The standard InChI is InChI=1S/C3H8N6OS2/c4-1(10)7-9-8-3(12)6-2(5)11/h9H,(H3,4,7,10)(H4,5,6,8,11,12).